The Morgan fingerprint density at radius 1 is 1.00 bits per heavy atom. The molecule has 0 unspecified atom stereocenters. The van der Waals surface area contributed by atoms with Crippen LogP contribution in [0, 0.1) is 0 Å². The van der Waals surface area contributed by atoms with Gasteiger partial charge in [-0.2, -0.15) is 0 Å². The van der Waals surface area contributed by atoms with Gasteiger partial charge in [-0.25, -0.2) is 9.88 Å². The highest BCUT2D eigenvalue weighted by Crippen LogP contribution is 2.28. The fraction of sp³-hybridized carbons (Fsp3) is 0.350. The minimum absolute atomic E-state index is 0.0461. The van der Waals surface area contributed by atoms with E-state index in [1.807, 2.05) is 48.7 Å². The number of anilines is 1. The summed E-state index contributed by atoms with van der Waals surface area (Å²) in [6, 6.07) is 15.7. The summed E-state index contributed by atoms with van der Waals surface area (Å²) in [7, 11) is 0. The molecule has 2 amide bonds. The van der Waals surface area contributed by atoms with Crippen LogP contribution in [0.3, 0.4) is 0 Å². The van der Waals surface area contributed by atoms with Crippen molar-refractivity contribution in [2.75, 3.05) is 37.7 Å². The molecule has 2 saturated heterocycles. The van der Waals surface area contributed by atoms with Gasteiger partial charge in [-0.05, 0) is 11.6 Å². The topological polar surface area (TPSA) is 59.2 Å². The van der Waals surface area contributed by atoms with E-state index >= 15 is 0 Å². The van der Waals surface area contributed by atoms with Gasteiger partial charge in [0.2, 0.25) is 11.8 Å². The second kappa shape index (κ2) is 7.25. The first kappa shape index (κ1) is 16.7. The lowest BCUT2D eigenvalue weighted by atomic mass is 9.98. The molecule has 6 nitrogen and oxygen atoms in total. The van der Waals surface area contributed by atoms with E-state index in [-0.39, 0.29) is 17.7 Å². The van der Waals surface area contributed by atoms with Gasteiger partial charge in [0, 0.05) is 12.5 Å². The van der Waals surface area contributed by atoms with Crippen LogP contribution in [-0.4, -0.2) is 49.6 Å². The molecule has 2 aromatic rings. The molecule has 4 rings (SSSR count). The maximum absolute atomic E-state index is 12.8. The molecule has 134 valence electrons. The summed E-state index contributed by atoms with van der Waals surface area (Å²) >= 11 is 0. The molecule has 6 heteroatoms. The number of nitrogens with zero attached hydrogens (tertiary/aromatic N) is 2. The predicted molar refractivity (Wildman–Crippen MR) is 96.4 cm³/mol. The van der Waals surface area contributed by atoms with Crippen molar-refractivity contribution in [3.63, 3.8) is 0 Å². The minimum atomic E-state index is -0.316. The number of aromatic nitrogens is 1. The molecule has 1 aromatic carbocycles. The Hall–Kier alpha value is -2.73. The van der Waals surface area contributed by atoms with Crippen molar-refractivity contribution < 1.29 is 19.5 Å². The van der Waals surface area contributed by atoms with Crippen LogP contribution in [0.15, 0.2) is 54.7 Å². The van der Waals surface area contributed by atoms with Gasteiger partial charge in [-0.15, -0.1) is 0 Å². The Morgan fingerprint density at radius 2 is 1.73 bits per heavy atom. The third kappa shape index (κ3) is 3.32. The third-order valence-electron chi connectivity index (χ3n) is 5.33. The number of rotatable bonds is 4. The second-order valence-corrected chi connectivity index (χ2v) is 6.97. The molecule has 0 aliphatic carbocycles. The van der Waals surface area contributed by atoms with E-state index in [1.165, 1.54) is 9.80 Å². The number of amides is 2. The van der Waals surface area contributed by atoms with Crippen LogP contribution in [0.1, 0.15) is 17.9 Å². The van der Waals surface area contributed by atoms with Gasteiger partial charge in [0.15, 0.2) is 6.67 Å². The van der Waals surface area contributed by atoms with Crippen LogP contribution in [-0.2, 0) is 9.59 Å². The van der Waals surface area contributed by atoms with Crippen molar-refractivity contribution >= 4 is 17.6 Å². The van der Waals surface area contributed by atoms with Gasteiger partial charge in [-0.3, -0.25) is 14.5 Å². The lowest BCUT2D eigenvalue weighted by Crippen LogP contribution is -3.16. The molecule has 1 atom stereocenters. The Kier molecular flexibility index (Phi) is 4.67. The molecule has 26 heavy (non-hydrogen) atoms. The zero-order valence-corrected chi connectivity index (χ0v) is 14.7. The lowest BCUT2D eigenvalue weighted by Gasteiger charge is -2.30. The largest absolute Gasteiger partial charge is 0.311 e. The fourth-order valence-electron chi connectivity index (χ4n) is 3.82. The van der Waals surface area contributed by atoms with Crippen molar-refractivity contribution in [1.29, 1.82) is 0 Å². The third-order valence-corrected chi connectivity index (χ3v) is 5.33. The number of hydrogen-bond acceptors (Lipinski definition) is 3. The van der Waals surface area contributed by atoms with Crippen LogP contribution < -0.4 is 14.8 Å². The van der Waals surface area contributed by atoms with Crippen LogP contribution in [0.2, 0.25) is 0 Å². The maximum atomic E-state index is 12.8. The predicted octanol–water partition coefficient (Wildman–Crippen LogP) is -0.294. The zero-order valence-electron chi connectivity index (χ0n) is 14.7. The molecule has 2 fully saturated rings. The van der Waals surface area contributed by atoms with Crippen molar-refractivity contribution in [2.45, 2.75) is 12.3 Å². The molecular weight excluding hydrogens is 328 g/mol. The van der Waals surface area contributed by atoms with Crippen LogP contribution in [0.5, 0.6) is 0 Å². The number of piperazine rings is 1. The number of carbonyl (C=O) groups is 2. The molecule has 0 bridgehead atoms. The van der Waals surface area contributed by atoms with Crippen LogP contribution in [0.4, 0.5) is 5.82 Å². The van der Waals surface area contributed by atoms with Crippen molar-refractivity contribution in [3.05, 3.63) is 60.3 Å². The minimum Gasteiger partial charge on any atom is -0.311 e. The molecule has 3 heterocycles. The van der Waals surface area contributed by atoms with E-state index in [4.69, 9.17) is 0 Å². The number of imide groups is 1. The fourth-order valence-corrected chi connectivity index (χ4v) is 3.82. The van der Waals surface area contributed by atoms with E-state index in [2.05, 4.69) is 16.0 Å². The van der Waals surface area contributed by atoms with Gasteiger partial charge in [-0.1, -0.05) is 36.4 Å². The van der Waals surface area contributed by atoms with Crippen molar-refractivity contribution in [3.8, 4) is 0 Å². The number of pyridine rings is 1. The second-order valence-electron chi connectivity index (χ2n) is 6.97. The molecule has 2 N–H and O–H groups in total. The highest BCUT2D eigenvalue weighted by Gasteiger charge is 2.41. The molecule has 0 saturated carbocycles. The number of aromatic amines is 1. The van der Waals surface area contributed by atoms with Gasteiger partial charge >= 0.3 is 0 Å². The van der Waals surface area contributed by atoms with Crippen LogP contribution >= 0.6 is 0 Å². The quantitative estimate of drug-likeness (QED) is 0.769. The highest BCUT2D eigenvalue weighted by atomic mass is 16.2. The number of H-pyrrole nitrogens is 1. The van der Waals surface area contributed by atoms with E-state index < -0.39 is 0 Å². The van der Waals surface area contributed by atoms with E-state index in [0.29, 0.717) is 13.1 Å². The summed E-state index contributed by atoms with van der Waals surface area (Å²) < 4.78 is 0. The van der Waals surface area contributed by atoms with Crippen molar-refractivity contribution in [2.24, 2.45) is 0 Å². The van der Waals surface area contributed by atoms with E-state index in [0.717, 1.165) is 37.6 Å². The summed E-state index contributed by atoms with van der Waals surface area (Å²) in [5.41, 5.74) is 0.938. The van der Waals surface area contributed by atoms with Crippen molar-refractivity contribution in [1.82, 2.24) is 4.90 Å². The van der Waals surface area contributed by atoms with E-state index in [9.17, 15) is 9.59 Å². The number of quaternary nitrogens is 1. The summed E-state index contributed by atoms with van der Waals surface area (Å²) in [5.74, 6) is 0.704. The molecular formula is C20H24N4O2+2. The SMILES string of the molecule is O=C1C[C@@H](c2ccccc2)C(=O)N1C[NH+]1CCN(c2cccc[nH+]2)CC1. The number of benzene rings is 1. The van der Waals surface area contributed by atoms with Gasteiger partial charge in [0.05, 0.1) is 12.1 Å². The molecule has 0 spiro atoms. The molecule has 0 radical (unpaired) electrons. The summed E-state index contributed by atoms with van der Waals surface area (Å²) in [6.07, 6.45) is 2.22. The van der Waals surface area contributed by atoms with E-state index in [1.54, 1.807) is 0 Å². The lowest BCUT2D eigenvalue weighted by molar-refractivity contribution is -0.908. The van der Waals surface area contributed by atoms with Crippen LogP contribution in [0.25, 0.3) is 0 Å². The van der Waals surface area contributed by atoms with Gasteiger partial charge in [0.1, 0.15) is 26.2 Å². The number of nitrogens with one attached hydrogen (secondary N) is 2. The summed E-state index contributed by atoms with van der Waals surface area (Å²) in [6.45, 7) is 4.13. The zero-order chi connectivity index (χ0) is 17.9. The number of carbonyl (C=O) groups excluding carboxylic acids is 2. The highest BCUT2D eigenvalue weighted by molar-refractivity contribution is 6.06. The smallest absolute Gasteiger partial charge is 0.274 e. The first-order chi connectivity index (χ1) is 12.7. The monoisotopic (exact) mass is 352 g/mol. The van der Waals surface area contributed by atoms with Gasteiger partial charge in [0.25, 0.3) is 5.82 Å². The standard InChI is InChI=1S/C20H22N4O2/c25-19-14-17(16-6-2-1-3-7-16)20(26)24(19)15-22-10-12-23(13-11-22)18-8-4-5-9-21-18/h1-9,17H,10-15H2/p+2/t17-/m0/s1. The molecule has 1 aromatic heterocycles. The Bertz CT molecular complexity index is 773. The molecule has 2 aliphatic rings. The Balaban J connectivity index is 1.36. The Morgan fingerprint density at radius 3 is 2.42 bits per heavy atom. The van der Waals surface area contributed by atoms with Gasteiger partial charge < -0.3 is 4.90 Å². The number of hydrogen-bond donors (Lipinski definition) is 1. The maximum Gasteiger partial charge on any atom is 0.274 e. The first-order valence-corrected chi connectivity index (χ1v) is 9.17. The summed E-state index contributed by atoms with van der Waals surface area (Å²) in [5, 5.41) is 0. The molecule has 2 aliphatic heterocycles. The number of likely N-dealkylation sites (tertiary alicyclic amines) is 1. The average molecular weight is 352 g/mol. The normalized spacial score (nSPS) is 21.5. The first-order valence-electron chi connectivity index (χ1n) is 9.17. The average Bonchev–Trinajstić information content (AvgIpc) is 2.98. The Labute approximate surface area is 153 Å². The summed E-state index contributed by atoms with van der Waals surface area (Å²) in [4.78, 5) is 33.5.